The van der Waals surface area contributed by atoms with Crippen LogP contribution >= 0.6 is 22.6 Å². The Morgan fingerprint density at radius 1 is 1.54 bits per heavy atom. The Kier molecular flexibility index (Phi) is 2.17. The normalized spacial score (nSPS) is 10.2. The highest BCUT2D eigenvalue weighted by atomic mass is 127. The van der Waals surface area contributed by atoms with Crippen LogP contribution in [-0.4, -0.2) is 9.97 Å². The average molecular weight is 288 g/mol. The smallest absolute Gasteiger partial charge is 0.264 e. The lowest BCUT2D eigenvalue weighted by Crippen LogP contribution is -2.11. The number of nitrogens with one attached hydrogen (secondary N) is 1. The van der Waals surface area contributed by atoms with Gasteiger partial charge in [-0.2, -0.15) is 0 Å². The second kappa shape index (κ2) is 3.33. The lowest BCUT2D eigenvalue weighted by atomic mass is 10.3. The van der Waals surface area contributed by atoms with Crippen molar-refractivity contribution in [2.24, 2.45) is 0 Å². The van der Waals surface area contributed by atoms with E-state index in [-0.39, 0.29) is 5.56 Å². The molecule has 0 aliphatic heterocycles. The zero-order valence-electron chi connectivity index (χ0n) is 6.45. The molecule has 4 nitrogen and oxygen atoms in total. The molecule has 0 aromatic carbocycles. The first-order valence-electron chi connectivity index (χ1n) is 3.55. The SMILES string of the molecule is O=c1[nH]c(-c2ccoc2)ncc1I. The Balaban J connectivity index is 2.55. The van der Waals surface area contributed by atoms with E-state index >= 15 is 0 Å². The molecule has 0 spiro atoms. The second-order valence-electron chi connectivity index (χ2n) is 2.42. The van der Waals surface area contributed by atoms with Crippen LogP contribution in [0.3, 0.4) is 0 Å². The van der Waals surface area contributed by atoms with Crippen LogP contribution in [0.4, 0.5) is 0 Å². The molecule has 2 rings (SSSR count). The van der Waals surface area contributed by atoms with E-state index in [1.807, 2.05) is 22.6 Å². The first-order chi connectivity index (χ1) is 6.27. The third kappa shape index (κ3) is 1.64. The van der Waals surface area contributed by atoms with Crippen molar-refractivity contribution in [2.45, 2.75) is 0 Å². The number of aromatic amines is 1. The van der Waals surface area contributed by atoms with E-state index in [1.54, 1.807) is 6.07 Å². The third-order valence-corrected chi connectivity index (χ3v) is 2.32. The maximum Gasteiger partial charge on any atom is 0.264 e. The highest BCUT2D eigenvalue weighted by molar-refractivity contribution is 14.1. The van der Waals surface area contributed by atoms with Gasteiger partial charge in [0, 0.05) is 6.20 Å². The van der Waals surface area contributed by atoms with Crippen LogP contribution in [0, 0.1) is 3.57 Å². The Hall–Kier alpha value is -1.11. The fraction of sp³-hybridized carbons (Fsp3) is 0. The summed E-state index contributed by atoms with van der Waals surface area (Å²) in [5.74, 6) is 0.527. The van der Waals surface area contributed by atoms with Crippen molar-refractivity contribution < 1.29 is 4.42 Å². The van der Waals surface area contributed by atoms with Gasteiger partial charge >= 0.3 is 0 Å². The minimum Gasteiger partial charge on any atom is -0.472 e. The molecule has 0 aliphatic rings. The van der Waals surface area contributed by atoms with E-state index in [4.69, 9.17) is 4.42 Å². The van der Waals surface area contributed by atoms with E-state index < -0.39 is 0 Å². The standard InChI is InChI=1S/C8H5IN2O2/c9-6-3-10-7(11-8(6)12)5-1-2-13-4-5/h1-4H,(H,10,11,12). The van der Waals surface area contributed by atoms with Crippen LogP contribution in [0.25, 0.3) is 11.4 Å². The molecule has 0 fully saturated rings. The number of aromatic nitrogens is 2. The van der Waals surface area contributed by atoms with E-state index in [9.17, 15) is 4.79 Å². The lowest BCUT2D eigenvalue weighted by molar-refractivity contribution is 0.568. The molecule has 0 radical (unpaired) electrons. The molecule has 0 amide bonds. The summed E-state index contributed by atoms with van der Waals surface area (Å²) in [4.78, 5) is 17.9. The van der Waals surface area contributed by atoms with Crippen LogP contribution in [0.5, 0.6) is 0 Å². The Morgan fingerprint density at radius 2 is 2.38 bits per heavy atom. The summed E-state index contributed by atoms with van der Waals surface area (Å²) in [7, 11) is 0. The molecular weight excluding hydrogens is 283 g/mol. The van der Waals surface area contributed by atoms with Crippen molar-refractivity contribution in [3.8, 4) is 11.4 Å². The summed E-state index contributed by atoms with van der Waals surface area (Å²) in [6.45, 7) is 0. The monoisotopic (exact) mass is 288 g/mol. The van der Waals surface area contributed by atoms with Crippen molar-refractivity contribution >= 4 is 22.6 Å². The number of H-pyrrole nitrogens is 1. The molecule has 13 heavy (non-hydrogen) atoms. The largest absolute Gasteiger partial charge is 0.472 e. The number of furan rings is 1. The fourth-order valence-corrected chi connectivity index (χ4v) is 1.20. The highest BCUT2D eigenvalue weighted by Gasteiger charge is 2.02. The van der Waals surface area contributed by atoms with Crippen molar-refractivity contribution in [1.82, 2.24) is 9.97 Å². The summed E-state index contributed by atoms with van der Waals surface area (Å²) in [6.07, 6.45) is 4.60. The molecule has 5 heteroatoms. The number of hydrogen-bond acceptors (Lipinski definition) is 3. The first-order valence-corrected chi connectivity index (χ1v) is 4.62. The summed E-state index contributed by atoms with van der Waals surface area (Å²) in [5, 5.41) is 0. The van der Waals surface area contributed by atoms with Gasteiger partial charge in [0.1, 0.15) is 12.1 Å². The van der Waals surface area contributed by atoms with Crippen LogP contribution in [0.1, 0.15) is 0 Å². The maximum atomic E-state index is 11.2. The molecule has 0 aliphatic carbocycles. The predicted molar refractivity (Wildman–Crippen MR) is 55.3 cm³/mol. The minimum absolute atomic E-state index is 0.133. The van der Waals surface area contributed by atoms with Gasteiger partial charge in [-0.15, -0.1) is 0 Å². The van der Waals surface area contributed by atoms with Gasteiger partial charge in [0.15, 0.2) is 0 Å². The molecule has 0 atom stereocenters. The van der Waals surface area contributed by atoms with Gasteiger partial charge in [0.2, 0.25) is 0 Å². The second-order valence-corrected chi connectivity index (χ2v) is 3.58. The van der Waals surface area contributed by atoms with Crippen molar-refractivity contribution in [3.05, 3.63) is 38.7 Å². The van der Waals surface area contributed by atoms with Crippen LogP contribution in [0.2, 0.25) is 0 Å². The van der Waals surface area contributed by atoms with Gasteiger partial charge in [-0.3, -0.25) is 4.79 Å². The molecule has 0 bridgehead atoms. The Bertz CT molecular complexity index is 461. The summed E-state index contributed by atoms with van der Waals surface area (Å²) < 4.78 is 5.45. The number of nitrogens with zero attached hydrogens (tertiary/aromatic N) is 1. The zero-order valence-corrected chi connectivity index (χ0v) is 8.61. The van der Waals surface area contributed by atoms with Gasteiger partial charge < -0.3 is 9.40 Å². The minimum atomic E-state index is -0.133. The molecule has 0 saturated heterocycles. The predicted octanol–water partition coefficient (Wildman–Crippen LogP) is 1.63. The van der Waals surface area contributed by atoms with Crippen LogP contribution in [0.15, 0.2) is 34.0 Å². The molecule has 2 aromatic rings. The van der Waals surface area contributed by atoms with E-state index in [0.717, 1.165) is 5.56 Å². The van der Waals surface area contributed by atoms with Crippen molar-refractivity contribution in [2.75, 3.05) is 0 Å². The van der Waals surface area contributed by atoms with Gasteiger partial charge in [-0.25, -0.2) is 4.98 Å². The fourth-order valence-electron chi connectivity index (χ4n) is 0.925. The molecule has 0 saturated carbocycles. The topological polar surface area (TPSA) is 58.9 Å². The van der Waals surface area contributed by atoms with Crippen molar-refractivity contribution in [3.63, 3.8) is 0 Å². The summed E-state index contributed by atoms with van der Waals surface area (Å²) in [5.41, 5.74) is 0.639. The van der Waals surface area contributed by atoms with Gasteiger partial charge in [-0.05, 0) is 28.7 Å². The molecule has 2 heterocycles. The molecule has 0 unspecified atom stereocenters. The average Bonchev–Trinajstić information content (AvgIpc) is 2.62. The molecular formula is C8H5IN2O2. The van der Waals surface area contributed by atoms with Gasteiger partial charge in [-0.1, -0.05) is 0 Å². The number of rotatable bonds is 1. The van der Waals surface area contributed by atoms with Crippen LogP contribution < -0.4 is 5.56 Å². The Labute approximate surface area is 87.1 Å². The summed E-state index contributed by atoms with van der Waals surface area (Å²) in [6, 6.07) is 1.74. The van der Waals surface area contributed by atoms with Gasteiger partial charge in [0.05, 0.1) is 15.4 Å². The van der Waals surface area contributed by atoms with Crippen LogP contribution in [-0.2, 0) is 0 Å². The third-order valence-electron chi connectivity index (χ3n) is 1.55. The highest BCUT2D eigenvalue weighted by Crippen LogP contribution is 2.12. The summed E-state index contributed by atoms with van der Waals surface area (Å²) >= 11 is 1.93. The zero-order chi connectivity index (χ0) is 9.26. The van der Waals surface area contributed by atoms with Gasteiger partial charge in [0.25, 0.3) is 5.56 Å². The lowest BCUT2D eigenvalue weighted by Gasteiger charge is -1.94. The van der Waals surface area contributed by atoms with E-state index in [2.05, 4.69) is 9.97 Å². The van der Waals surface area contributed by atoms with Crippen molar-refractivity contribution in [1.29, 1.82) is 0 Å². The first kappa shape index (κ1) is 8.49. The molecule has 1 N–H and O–H groups in total. The van der Waals surface area contributed by atoms with E-state index in [0.29, 0.717) is 9.39 Å². The maximum absolute atomic E-state index is 11.2. The Morgan fingerprint density at radius 3 is 3.00 bits per heavy atom. The number of halogens is 1. The molecule has 2 aromatic heterocycles. The molecule has 66 valence electrons. The number of hydrogen-bond donors (Lipinski definition) is 1. The van der Waals surface area contributed by atoms with E-state index in [1.165, 1.54) is 18.7 Å². The quantitative estimate of drug-likeness (QED) is 0.811.